The second kappa shape index (κ2) is 9.31. The van der Waals surface area contributed by atoms with Gasteiger partial charge in [-0.15, -0.1) is 0 Å². The first-order chi connectivity index (χ1) is 12.7. The third-order valence-corrected chi connectivity index (χ3v) is 4.52. The number of amides is 2. The molecule has 0 radical (unpaired) electrons. The Kier molecular flexibility index (Phi) is 6.57. The number of nitrogens with one attached hydrogen (secondary N) is 2. The van der Waals surface area contributed by atoms with Crippen molar-refractivity contribution in [1.29, 1.82) is 0 Å². The van der Waals surface area contributed by atoms with Gasteiger partial charge in [-0.1, -0.05) is 48.5 Å². The van der Waals surface area contributed by atoms with Gasteiger partial charge in [0.25, 0.3) is 0 Å². The van der Waals surface area contributed by atoms with Crippen LogP contribution in [0.15, 0.2) is 54.6 Å². The average Bonchev–Trinajstić information content (AvgIpc) is 2.66. The maximum atomic E-state index is 13.7. The summed E-state index contributed by atoms with van der Waals surface area (Å²) in [5.74, 6) is -0.164. The Hall–Kier alpha value is -2.44. The van der Waals surface area contributed by atoms with E-state index in [9.17, 15) is 9.18 Å². The summed E-state index contributed by atoms with van der Waals surface area (Å²) in [6.07, 6.45) is 1.67. The molecule has 0 atom stereocenters. The van der Waals surface area contributed by atoms with Gasteiger partial charge in [0.1, 0.15) is 5.82 Å². The van der Waals surface area contributed by atoms with Crippen LogP contribution in [0.4, 0.5) is 9.18 Å². The minimum atomic E-state index is -0.325. The first-order valence-corrected chi connectivity index (χ1v) is 8.88. The standard InChI is InChI=1S/C20H24FN3O2/c21-19-9-5-4-8-17(19)14-24-12-10-18(11-13-24)22-20(25)23-26-15-16-6-2-1-3-7-16/h1-9,18H,10-15H2,(H2,22,23,25). The highest BCUT2D eigenvalue weighted by Crippen LogP contribution is 2.15. The number of nitrogens with zero attached hydrogens (tertiary/aromatic N) is 1. The quantitative estimate of drug-likeness (QED) is 0.781. The van der Waals surface area contributed by atoms with Crippen molar-refractivity contribution in [3.05, 3.63) is 71.5 Å². The molecule has 2 aromatic carbocycles. The second-order valence-electron chi connectivity index (χ2n) is 6.49. The third kappa shape index (κ3) is 5.54. The zero-order valence-corrected chi connectivity index (χ0v) is 14.7. The van der Waals surface area contributed by atoms with Crippen LogP contribution in [0.1, 0.15) is 24.0 Å². The summed E-state index contributed by atoms with van der Waals surface area (Å²) in [6.45, 7) is 2.58. The predicted octanol–water partition coefficient (Wildman–Crippen LogP) is 3.22. The number of carbonyl (C=O) groups is 1. The Bertz CT molecular complexity index is 703. The molecule has 1 saturated heterocycles. The Labute approximate surface area is 153 Å². The van der Waals surface area contributed by atoms with Gasteiger partial charge in [-0.3, -0.25) is 9.74 Å². The molecule has 1 aliphatic heterocycles. The number of halogens is 1. The summed E-state index contributed by atoms with van der Waals surface area (Å²) in [5, 5.41) is 2.93. The van der Waals surface area contributed by atoms with Crippen LogP contribution >= 0.6 is 0 Å². The molecule has 2 aromatic rings. The fraction of sp³-hybridized carbons (Fsp3) is 0.350. The molecule has 0 aromatic heterocycles. The van der Waals surface area contributed by atoms with Crippen LogP contribution in [0, 0.1) is 5.82 Å². The summed E-state index contributed by atoms with van der Waals surface area (Å²) >= 11 is 0. The van der Waals surface area contributed by atoms with Gasteiger partial charge in [-0.25, -0.2) is 14.7 Å². The van der Waals surface area contributed by atoms with Crippen molar-refractivity contribution in [3.63, 3.8) is 0 Å². The first-order valence-electron chi connectivity index (χ1n) is 8.88. The molecular weight excluding hydrogens is 333 g/mol. The number of hydrogen-bond donors (Lipinski definition) is 2. The van der Waals surface area contributed by atoms with Crippen molar-refractivity contribution < 1.29 is 14.0 Å². The van der Waals surface area contributed by atoms with Gasteiger partial charge in [0.05, 0.1) is 6.61 Å². The van der Waals surface area contributed by atoms with Crippen molar-refractivity contribution in [2.24, 2.45) is 0 Å². The average molecular weight is 357 g/mol. The molecule has 0 saturated carbocycles. The minimum Gasteiger partial charge on any atom is -0.334 e. The molecule has 0 unspecified atom stereocenters. The van der Waals surface area contributed by atoms with Crippen LogP contribution < -0.4 is 10.8 Å². The topological polar surface area (TPSA) is 53.6 Å². The van der Waals surface area contributed by atoms with E-state index in [2.05, 4.69) is 15.7 Å². The molecule has 0 aliphatic carbocycles. The van der Waals surface area contributed by atoms with E-state index in [0.29, 0.717) is 18.7 Å². The van der Waals surface area contributed by atoms with E-state index >= 15 is 0 Å². The highest BCUT2D eigenvalue weighted by Gasteiger charge is 2.21. The second-order valence-corrected chi connectivity index (χ2v) is 6.49. The van der Waals surface area contributed by atoms with Crippen molar-refractivity contribution in [2.45, 2.75) is 32.0 Å². The van der Waals surface area contributed by atoms with Gasteiger partial charge in [-0.05, 0) is 24.5 Å². The zero-order valence-electron chi connectivity index (χ0n) is 14.7. The first kappa shape index (κ1) is 18.4. The van der Waals surface area contributed by atoms with Crippen LogP contribution in [-0.2, 0) is 18.0 Å². The molecule has 138 valence electrons. The number of carbonyl (C=O) groups excluding carboxylic acids is 1. The molecule has 6 heteroatoms. The third-order valence-electron chi connectivity index (χ3n) is 4.52. The lowest BCUT2D eigenvalue weighted by Crippen LogP contribution is -2.47. The number of hydrogen-bond acceptors (Lipinski definition) is 3. The smallest absolute Gasteiger partial charge is 0.334 e. The zero-order chi connectivity index (χ0) is 18.2. The minimum absolute atomic E-state index is 0.104. The van der Waals surface area contributed by atoms with Gasteiger partial charge in [-0.2, -0.15) is 0 Å². The monoisotopic (exact) mass is 357 g/mol. The molecule has 0 bridgehead atoms. The summed E-state index contributed by atoms with van der Waals surface area (Å²) in [4.78, 5) is 19.3. The summed E-state index contributed by atoms with van der Waals surface area (Å²) in [7, 11) is 0. The number of benzene rings is 2. The van der Waals surface area contributed by atoms with E-state index < -0.39 is 0 Å². The lowest BCUT2D eigenvalue weighted by atomic mass is 10.0. The number of rotatable bonds is 6. The number of likely N-dealkylation sites (tertiary alicyclic amines) is 1. The number of hydroxylamine groups is 1. The van der Waals surface area contributed by atoms with Gasteiger partial charge in [0.15, 0.2) is 0 Å². The van der Waals surface area contributed by atoms with Gasteiger partial charge in [0, 0.05) is 31.2 Å². The molecule has 1 fully saturated rings. The molecule has 2 N–H and O–H groups in total. The van der Waals surface area contributed by atoms with E-state index in [1.165, 1.54) is 6.07 Å². The highest BCUT2D eigenvalue weighted by molar-refractivity contribution is 5.73. The van der Waals surface area contributed by atoms with E-state index in [0.717, 1.165) is 31.5 Å². The van der Waals surface area contributed by atoms with E-state index in [1.54, 1.807) is 6.07 Å². The largest absolute Gasteiger partial charge is 0.338 e. The molecule has 1 aliphatic rings. The van der Waals surface area contributed by atoms with Crippen LogP contribution in [0.2, 0.25) is 0 Å². The molecular formula is C20H24FN3O2. The SMILES string of the molecule is O=C(NOCc1ccccc1)NC1CCN(Cc2ccccc2F)CC1. The molecule has 5 nitrogen and oxygen atoms in total. The predicted molar refractivity (Wildman–Crippen MR) is 97.6 cm³/mol. The molecule has 26 heavy (non-hydrogen) atoms. The summed E-state index contributed by atoms with van der Waals surface area (Å²) in [6, 6.07) is 16.3. The Morgan fingerprint density at radius 2 is 1.77 bits per heavy atom. The highest BCUT2D eigenvalue weighted by atomic mass is 19.1. The summed E-state index contributed by atoms with van der Waals surface area (Å²) in [5.41, 5.74) is 4.13. The van der Waals surface area contributed by atoms with Gasteiger partial charge in [0.2, 0.25) is 0 Å². The lowest BCUT2D eigenvalue weighted by molar-refractivity contribution is 0.0470. The van der Waals surface area contributed by atoms with Crippen molar-refractivity contribution in [3.8, 4) is 0 Å². The Morgan fingerprint density at radius 3 is 2.50 bits per heavy atom. The molecule has 1 heterocycles. The maximum Gasteiger partial charge on any atom is 0.338 e. The lowest BCUT2D eigenvalue weighted by Gasteiger charge is -2.32. The summed E-state index contributed by atoms with van der Waals surface area (Å²) < 4.78 is 13.7. The number of piperidine rings is 1. The Balaban J connectivity index is 1.34. The number of urea groups is 1. The van der Waals surface area contributed by atoms with Crippen LogP contribution in [0.3, 0.4) is 0 Å². The fourth-order valence-electron chi connectivity index (χ4n) is 3.08. The molecule has 3 rings (SSSR count). The van der Waals surface area contributed by atoms with Crippen molar-refractivity contribution in [1.82, 2.24) is 15.7 Å². The van der Waals surface area contributed by atoms with Gasteiger partial charge >= 0.3 is 6.03 Å². The van der Waals surface area contributed by atoms with Gasteiger partial charge < -0.3 is 5.32 Å². The van der Waals surface area contributed by atoms with Crippen LogP contribution in [0.25, 0.3) is 0 Å². The van der Waals surface area contributed by atoms with E-state index in [4.69, 9.17) is 4.84 Å². The fourth-order valence-corrected chi connectivity index (χ4v) is 3.08. The van der Waals surface area contributed by atoms with E-state index in [1.807, 2.05) is 42.5 Å². The normalized spacial score (nSPS) is 15.6. The van der Waals surface area contributed by atoms with Crippen molar-refractivity contribution in [2.75, 3.05) is 13.1 Å². The molecule has 0 spiro atoms. The van der Waals surface area contributed by atoms with Crippen molar-refractivity contribution >= 4 is 6.03 Å². The maximum absolute atomic E-state index is 13.7. The Morgan fingerprint density at radius 1 is 1.08 bits per heavy atom. The van der Waals surface area contributed by atoms with E-state index in [-0.39, 0.29) is 17.9 Å². The van der Waals surface area contributed by atoms with Crippen LogP contribution in [0.5, 0.6) is 0 Å². The molecule has 2 amide bonds. The van der Waals surface area contributed by atoms with Crippen LogP contribution in [-0.4, -0.2) is 30.1 Å².